The molecule has 6 heteroatoms. The standard InChI is InChI=1S/C23H26N4O2/c1-15-4-5-18(12-16(15)2)23(28)24-19-10-11-27(14-19)22-13-21(25-26-22)17-6-8-20(29-3)9-7-17/h4-9,12-13,19H,10-11,14H2,1-3H3,(H,24,28)(H,25,26)/t19-/m0/s1. The van der Waals surface area contributed by atoms with Crippen molar-refractivity contribution in [1.82, 2.24) is 15.5 Å². The molecule has 1 fully saturated rings. The van der Waals surface area contributed by atoms with E-state index in [2.05, 4.69) is 33.4 Å². The summed E-state index contributed by atoms with van der Waals surface area (Å²) in [6.07, 6.45) is 0.904. The zero-order chi connectivity index (χ0) is 20.4. The highest BCUT2D eigenvalue weighted by Gasteiger charge is 2.26. The number of carbonyl (C=O) groups is 1. The van der Waals surface area contributed by atoms with E-state index in [1.807, 2.05) is 49.4 Å². The van der Waals surface area contributed by atoms with Crippen LogP contribution in [-0.4, -0.2) is 42.3 Å². The molecule has 0 unspecified atom stereocenters. The predicted octanol–water partition coefficient (Wildman–Crippen LogP) is 3.71. The fraction of sp³-hybridized carbons (Fsp3) is 0.304. The predicted molar refractivity (Wildman–Crippen MR) is 115 cm³/mol. The summed E-state index contributed by atoms with van der Waals surface area (Å²) in [5.41, 5.74) is 5.06. The van der Waals surface area contributed by atoms with Gasteiger partial charge in [-0.15, -0.1) is 0 Å². The van der Waals surface area contributed by atoms with Crippen molar-refractivity contribution in [1.29, 1.82) is 0 Å². The Bertz CT molecular complexity index is 1010. The summed E-state index contributed by atoms with van der Waals surface area (Å²) in [7, 11) is 1.66. The Kier molecular flexibility index (Phi) is 5.25. The second-order valence-corrected chi connectivity index (χ2v) is 7.57. The van der Waals surface area contributed by atoms with Crippen LogP contribution >= 0.6 is 0 Å². The van der Waals surface area contributed by atoms with Crippen LogP contribution in [0.1, 0.15) is 27.9 Å². The summed E-state index contributed by atoms with van der Waals surface area (Å²) in [4.78, 5) is 14.8. The molecular weight excluding hydrogens is 364 g/mol. The number of rotatable bonds is 5. The van der Waals surface area contributed by atoms with Gasteiger partial charge in [0.2, 0.25) is 0 Å². The zero-order valence-corrected chi connectivity index (χ0v) is 17.0. The third-order valence-electron chi connectivity index (χ3n) is 5.58. The molecule has 0 bridgehead atoms. The summed E-state index contributed by atoms with van der Waals surface area (Å²) in [6.45, 7) is 5.70. The molecule has 1 amide bonds. The minimum Gasteiger partial charge on any atom is -0.497 e. The van der Waals surface area contributed by atoms with E-state index >= 15 is 0 Å². The number of aryl methyl sites for hydroxylation is 2. The zero-order valence-electron chi connectivity index (χ0n) is 17.0. The molecule has 150 valence electrons. The van der Waals surface area contributed by atoms with Crippen LogP contribution in [0, 0.1) is 13.8 Å². The van der Waals surface area contributed by atoms with Crippen LogP contribution in [0.3, 0.4) is 0 Å². The largest absolute Gasteiger partial charge is 0.497 e. The first-order valence-electron chi connectivity index (χ1n) is 9.86. The van der Waals surface area contributed by atoms with E-state index in [0.29, 0.717) is 5.56 Å². The van der Waals surface area contributed by atoms with Gasteiger partial charge in [-0.05, 0) is 73.4 Å². The molecule has 2 aromatic carbocycles. The first-order chi connectivity index (χ1) is 14.0. The number of nitrogens with one attached hydrogen (secondary N) is 2. The van der Waals surface area contributed by atoms with Gasteiger partial charge in [-0.2, -0.15) is 5.10 Å². The number of hydrogen-bond acceptors (Lipinski definition) is 4. The van der Waals surface area contributed by atoms with Crippen molar-refractivity contribution in [3.63, 3.8) is 0 Å². The topological polar surface area (TPSA) is 70.2 Å². The molecule has 4 rings (SSSR count). The molecule has 1 saturated heterocycles. The minimum atomic E-state index is -0.0131. The van der Waals surface area contributed by atoms with Crippen molar-refractivity contribution < 1.29 is 9.53 Å². The summed E-state index contributed by atoms with van der Waals surface area (Å²) < 4.78 is 5.21. The molecule has 1 atom stereocenters. The number of benzene rings is 2. The maximum atomic E-state index is 12.6. The van der Waals surface area contributed by atoms with E-state index in [-0.39, 0.29) is 11.9 Å². The summed E-state index contributed by atoms with van der Waals surface area (Å²) in [5, 5.41) is 10.7. The molecule has 29 heavy (non-hydrogen) atoms. The van der Waals surface area contributed by atoms with Crippen LogP contribution in [0.4, 0.5) is 5.82 Å². The van der Waals surface area contributed by atoms with Crippen LogP contribution in [0.25, 0.3) is 11.3 Å². The van der Waals surface area contributed by atoms with Crippen LogP contribution in [0.5, 0.6) is 5.75 Å². The van der Waals surface area contributed by atoms with Crippen LogP contribution in [0.15, 0.2) is 48.5 Å². The van der Waals surface area contributed by atoms with E-state index in [1.165, 1.54) is 5.56 Å². The van der Waals surface area contributed by atoms with Gasteiger partial charge < -0.3 is 15.0 Å². The van der Waals surface area contributed by atoms with Gasteiger partial charge in [0.15, 0.2) is 5.82 Å². The highest BCUT2D eigenvalue weighted by Crippen LogP contribution is 2.26. The lowest BCUT2D eigenvalue weighted by Gasteiger charge is -2.16. The highest BCUT2D eigenvalue weighted by molar-refractivity contribution is 5.94. The van der Waals surface area contributed by atoms with Crippen LogP contribution in [0.2, 0.25) is 0 Å². The average molecular weight is 390 g/mol. The Balaban J connectivity index is 1.39. The number of amides is 1. The van der Waals surface area contributed by atoms with Gasteiger partial charge in [-0.25, -0.2) is 0 Å². The highest BCUT2D eigenvalue weighted by atomic mass is 16.5. The van der Waals surface area contributed by atoms with Gasteiger partial charge >= 0.3 is 0 Å². The average Bonchev–Trinajstić information content (AvgIpc) is 3.39. The second-order valence-electron chi connectivity index (χ2n) is 7.57. The van der Waals surface area contributed by atoms with Crippen molar-refractivity contribution in [2.75, 3.05) is 25.1 Å². The van der Waals surface area contributed by atoms with E-state index in [4.69, 9.17) is 4.74 Å². The molecule has 6 nitrogen and oxygen atoms in total. The molecule has 1 aliphatic rings. The third-order valence-corrected chi connectivity index (χ3v) is 5.58. The van der Waals surface area contributed by atoms with Gasteiger partial charge in [0, 0.05) is 30.8 Å². The van der Waals surface area contributed by atoms with Gasteiger partial charge in [-0.3, -0.25) is 9.89 Å². The monoisotopic (exact) mass is 390 g/mol. The van der Waals surface area contributed by atoms with Crippen LogP contribution < -0.4 is 15.0 Å². The molecule has 1 aliphatic heterocycles. The summed E-state index contributed by atoms with van der Waals surface area (Å²) >= 11 is 0. The van der Waals surface area contributed by atoms with Crippen molar-refractivity contribution in [3.05, 3.63) is 65.2 Å². The Hall–Kier alpha value is -3.28. The Morgan fingerprint density at radius 2 is 1.93 bits per heavy atom. The third kappa shape index (κ3) is 4.11. The number of nitrogens with zero attached hydrogens (tertiary/aromatic N) is 2. The van der Waals surface area contributed by atoms with Crippen molar-refractivity contribution in [2.45, 2.75) is 26.3 Å². The Labute approximate surface area is 170 Å². The number of anilines is 1. The maximum Gasteiger partial charge on any atom is 0.251 e. The van der Waals surface area contributed by atoms with E-state index in [9.17, 15) is 4.79 Å². The number of hydrogen-bond donors (Lipinski definition) is 2. The van der Waals surface area contributed by atoms with Crippen molar-refractivity contribution in [3.8, 4) is 17.0 Å². The van der Waals surface area contributed by atoms with Crippen molar-refractivity contribution >= 4 is 11.7 Å². The lowest BCUT2D eigenvalue weighted by molar-refractivity contribution is 0.0940. The van der Waals surface area contributed by atoms with Gasteiger partial charge in [0.05, 0.1) is 12.8 Å². The number of aromatic nitrogens is 2. The summed E-state index contributed by atoms with van der Waals surface area (Å²) in [5.74, 6) is 1.72. The molecule has 0 saturated carbocycles. The first-order valence-corrected chi connectivity index (χ1v) is 9.86. The quantitative estimate of drug-likeness (QED) is 0.697. The number of ether oxygens (including phenoxy) is 1. The SMILES string of the molecule is COc1ccc(-c2cc(N3CC[C@H](NC(=O)c4ccc(C)c(C)c4)C3)n[nH]2)cc1. The van der Waals surface area contributed by atoms with E-state index < -0.39 is 0 Å². The number of H-pyrrole nitrogens is 1. The molecule has 0 radical (unpaired) electrons. The normalized spacial score (nSPS) is 16.1. The number of methoxy groups -OCH3 is 1. The Morgan fingerprint density at radius 1 is 1.14 bits per heavy atom. The summed E-state index contributed by atoms with van der Waals surface area (Å²) in [6, 6.07) is 15.9. The molecular formula is C23H26N4O2. The smallest absolute Gasteiger partial charge is 0.251 e. The molecule has 1 aromatic heterocycles. The van der Waals surface area contributed by atoms with Gasteiger partial charge in [0.25, 0.3) is 5.91 Å². The fourth-order valence-electron chi connectivity index (χ4n) is 3.63. The second kappa shape index (κ2) is 7.99. The molecule has 3 aromatic rings. The van der Waals surface area contributed by atoms with Gasteiger partial charge in [-0.1, -0.05) is 6.07 Å². The molecule has 0 aliphatic carbocycles. The maximum absolute atomic E-state index is 12.6. The van der Waals surface area contributed by atoms with Crippen LogP contribution in [-0.2, 0) is 0 Å². The van der Waals surface area contributed by atoms with E-state index in [1.54, 1.807) is 7.11 Å². The number of carbonyl (C=O) groups excluding carboxylic acids is 1. The Morgan fingerprint density at radius 3 is 2.66 bits per heavy atom. The first kappa shape index (κ1) is 19.1. The number of aromatic amines is 1. The van der Waals surface area contributed by atoms with E-state index in [0.717, 1.165) is 47.9 Å². The molecule has 2 N–H and O–H groups in total. The van der Waals surface area contributed by atoms with Crippen molar-refractivity contribution in [2.24, 2.45) is 0 Å². The minimum absolute atomic E-state index is 0.0131. The molecule has 2 heterocycles. The molecule has 0 spiro atoms. The lowest BCUT2D eigenvalue weighted by Crippen LogP contribution is -2.37. The van der Waals surface area contributed by atoms with Gasteiger partial charge in [0.1, 0.15) is 5.75 Å². The fourth-order valence-corrected chi connectivity index (χ4v) is 3.63. The lowest BCUT2D eigenvalue weighted by atomic mass is 10.1.